The van der Waals surface area contributed by atoms with Gasteiger partial charge < -0.3 is 0 Å². The Kier molecular flexibility index (Phi) is 5.00. The number of nitrogens with zero attached hydrogens (tertiary/aromatic N) is 2. The minimum Gasteiger partial charge on any atom is -0.295 e. The molecule has 0 aromatic heterocycles. The van der Waals surface area contributed by atoms with E-state index in [-0.39, 0.29) is 17.9 Å². The Morgan fingerprint density at radius 1 is 1.21 bits per heavy atom. The maximum atomic E-state index is 13.2. The van der Waals surface area contributed by atoms with Crippen molar-refractivity contribution in [2.24, 2.45) is 0 Å². The van der Waals surface area contributed by atoms with Gasteiger partial charge in [0.25, 0.3) is 0 Å². The van der Waals surface area contributed by atoms with E-state index in [0.29, 0.717) is 16.8 Å². The summed E-state index contributed by atoms with van der Waals surface area (Å²) in [6.45, 7) is 1.31. The van der Waals surface area contributed by atoms with E-state index < -0.39 is 15.8 Å². The second kappa shape index (κ2) is 6.81. The predicted octanol–water partition coefficient (Wildman–Crippen LogP) is 2.87. The van der Waals surface area contributed by atoms with Gasteiger partial charge in [-0.2, -0.15) is 5.26 Å². The third-order valence-electron chi connectivity index (χ3n) is 3.47. The first kappa shape index (κ1) is 17.6. The van der Waals surface area contributed by atoms with Gasteiger partial charge in [-0.15, -0.1) is 0 Å². The van der Waals surface area contributed by atoms with Crippen molar-refractivity contribution < 1.29 is 17.6 Å². The molecule has 0 aliphatic heterocycles. The van der Waals surface area contributed by atoms with E-state index in [4.69, 9.17) is 5.26 Å². The molecule has 0 fully saturated rings. The van der Waals surface area contributed by atoms with Crippen LogP contribution in [0.4, 0.5) is 10.1 Å². The van der Waals surface area contributed by atoms with E-state index in [1.807, 2.05) is 6.07 Å². The zero-order valence-corrected chi connectivity index (χ0v) is 14.0. The smallest absolute Gasteiger partial charge is 0.232 e. The lowest BCUT2D eigenvalue weighted by molar-refractivity contribution is 0.101. The highest BCUT2D eigenvalue weighted by atomic mass is 32.2. The second-order valence-electron chi connectivity index (χ2n) is 5.29. The summed E-state index contributed by atoms with van der Waals surface area (Å²) in [5.41, 5.74) is 1.28. The number of halogens is 1. The first-order valence-electron chi connectivity index (χ1n) is 6.99. The molecule has 0 N–H and O–H groups in total. The summed E-state index contributed by atoms with van der Waals surface area (Å²) in [7, 11) is -3.64. The van der Waals surface area contributed by atoms with Gasteiger partial charge in [0.15, 0.2) is 5.78 Å². The van der Waals surface area contributed by atoms with Crippen molar-refractivity contribution in [3.63, 3.8) is 0 Å². The summed E-state index contributed by atoms with van der Waals surface area (Å²) >= 11 is 0. The van der Waals surface area contributed by atoms with Crippen LogP contribution in [0.5, 0.6) is 0 Å². The lowest BCUT2D eigenvalue weighted by Crippen LogP contribution is -2.29. The molecule has 0 amide bonds. The van der Waals surface area contributed by atoms with Crippen molar-refractivity contribution in [1.82, 2.24) is 0 Å². The largest absolute Gasteiger partial charge is 0.295 e. The average molecular weight is 346 g/mol. The van der Waals surface area contributed by atoms with Crippen LogP contribution < -0.4 is 4.31 Å². The number of carbonyl (C=O) groups excluding carboxylic acids is 1. The predicted molar refractivity (Wildman–Crippen MR) is 88.6 cm³/mol. The lowest BCUT2D eigenvalue weighted by atomic mass is 10.1. The topological polar surface area (TPSA) is 78.2 Å². The highest BCUT2D eigenvalue weighted by Gasteiger charge is 2.20. The van der Waals surface area contributed by atoms with E-state index in [1.54, 1.807) is 0 Å². The summed E-state index contributed by atoms with van der Waals surface area (Å²) < 4.78 is 38.6. The van der Waals surface area contributed by atoms with Crippen LogP contribution in [0.2, 0.25) is 0 Å². The van der Waals surface area contributed by atoms with Gasteiger partial charge in [-0.3, -0.25) is 9.10 Å². The third kappa shape index (κ3) is 3.97. The molecule has 5 nitrogen and oxygen atoms in total. The molecule has 0 unspecified atom stereocenters. The van der Waals surface area contributed by atoms with Gasteiger partial charge in [-0.25, -0.2) is 12.8 Å². The van der Waals surface area contributed by atoms with Crippen LogP contribution in [0.25, 0.3) is 0 Å². The molecule has 0 atom stereocenters. The van der Waals surface area contributed by atoms with Gasteiger partial charge >= 0.3 is 0 Å². The fraction of sp³-hybridized carbons (Fsp3) is 0.176. The Labute approximate surface area is 140 Å². The van der Waals surface area contributed by atoms with E-state index in [9.17, 15) is 17.6 Å². The van der Waals surface area contributed by atoms with Crippen LogP contribution >= 0.6 is 0 Å². The molecule has 0 aliphatic rings. The van der Waals surface area contributed by atoms with Gasteiger partial charge in [0.2, 0.25) is 10.0 Å². The Balaban J connectivity index is 2.44. The molecule has 2 aromatic rings. The van der Waals surface area contributed by atoms with E-state index in [1.165, 1.54) is 43.3 Å². The number of nitriles is 1. The summed E-state index contributed by atoms with van der Waals surface area (Å²) in [5, 5.41) is 9.10. The summed E-state index contributed by atoms with van der Waals surface area (Å²) in [6.07, 6.45) is 1.04. The molecule has 2 rings (SSSR count). The average Bonchev–Trinajstić information content (AvgIpc) is 2.52. The van der Waals surface area contributed by atoms with Crippen molar-refractivity contribution in [3.8, 4) is 6.07 Å². The van der Waals surface area contributed by atoms with Gasteiger partial charge in [-0.1, -0.05) is 6.07 Å². The molecule has 0 radical (unpaired) electrons. The summed E-state index contributed by atoms with van der Waals surface area (Å²) in [4.78, 5) is 11.3. The monoisotopic (exact) mass is 346 g/mol. The number of anilines is 1. The van der Waals surface area contributed by atoms with E-state index in [2.05, 4.69) is 0 Å². The van der Waals surface area contributed by atoms with Crippen LogP contribution in [-0.2, 0) is 16.6 Å². The van der Waals surface area contributed by atoms with Crippen molar-refractivity contribution in [2.45, 2.75) is 13.5 Å². The minimum absolute atomic E-state index is 0.0732. The first-order valence-corrected chi connectivity index (χ1v) is 8.84. The molecule has 124 valence electrons. The first-order chi connectivity index (χ1) is 11.2. The van der Waals surface area contributed by atoms with Gasteiger partial charge in [0.1, 0.15) is 5.82 Å². The van der Waals surface area contributed by atoms with Crippen LogP contribution in [0.15, 0.2) is 42.5 Å². The number of sulfonamides is 1. The zero-order valence-electron chi connectivity index (χ0n) is 13.2. The maximum absolute atomic E-state index is 13.2. The fourth-order valence-corrected chi connectivity index (χ4v) is 3.09. The number of ketones is 1. The fourth-order valence-electron chi connectivity index (χ4n) is 2.21. The van der Waals surface area contributed by atoms with Crippen molar-refractivity contribution in [3.05, 3.63) is 65.0 Å². The zero-order chi connectivity index (χ0) is 17.9. The van der Waals surface area contributed by atoms with E-state index >= 15 is 0 Å². The summed E-state index contributed by atoms with van der Waals surface area (Å²) in [6, 6.07) is 11.6. The molecule has 2 aromatic carbocycles. The highest BCUT2D eigenvalue weighted by Crippen LogP contribution is 2.23. The molecule has 0 bridgehead atoms. The number of hydrogen-bond acceptors (Lipinski definition) is 4. The van der Waals surface area contributed by atoms with Gasteiger partial charge in [-0.05, 0) is 48.9 Å². The second-order valence-corrected chi connectivity index (χ2v) is 7.19. The number of hydrogen-bond donors (Lipinski definition) is 0. The quantitative estimate of drug-likeness (QED) is 0.780. The number of carbonyl (C=O) groups is 1. The molecule has 7 heteroatoms. The Morgan fingerprint density at radius 2 is 1.83 bits per heavy atom. The highest BCUT2D eigenvalue weighted by molar-refractivity contribution is 7.92. The molecule has 0 heterocycles. The molecule has 0 saturated carbocycles. The minimum atomic E-state index is -3.64. The molecular formula is C17H15FN2O3S. The van der Waals surface area contributed by atoms with Gasteiger partial charge in [0.05, 0.1) is 30.1 Å². The summed E-state index contributed by atoms with van der Waals surface area (Å²) in [5.74, 6) is -0.690. The number of rotatable bonds is 5. The Bertz CT molecular complexity index is 916. The molecular weight excluding hydrogens is 331 g/mol. The molecule has 0 spiro atoms. The molecule has 0 aliphatic carbocycles. The standard InChI is InChI=1S/C17H15FN2O3S/c1-12(21)13-4-7-17(8-5-13)20(24(2,22)23)11-14-3-6-16(18)9-15(14)10-19/h3-9H,11H2,1-2H3. The van der Waals surface area contributed by atoms with Crippen LogP contribution in [0.1, 0.15) is 28.4 Å². The SMILES string of the molecule is CC(=O)c1ccc(N(Cc2ccc(F)cc2C#N)S(C)(=O)=O)cc1. The lowest BCUT2D eigenvalue weighted by Gasteiger charge is -2.23. The molecule has 0 saturated heterocycles. The van der Waals surface area contributed by atoms with E-state index in [0.717, 1.165) is 16.6 Å². The van der Waals surface area contributed by atoms with Crippen LogP contribution in [-0.4, -0.2) is 20.5 Å². The number of benzene rings is 2. The molecule has 24 heavy (non-hydrogen) atoms. The van der Waals surface area contributed by atoms with Crippen LogP contribution in [0, 0.1) is 17.1 Å². The van der Waals surface area contributed by atoms with Crippen LogP contribution in [0.3, 0.4) is 0 Å². The van der Waals surface area contributed by atoms with Crippen molar-refractivity contribution in [1.29, 1.82) is 5.26 Å². The maximum Gasteiger partial charge on any atom is 0.232 e. The Hall–Kier alpha value is -2.72. The normalized spacial score (nSPS) is 10.9. The Morgan fingerprint density at radius 3 is 2.33 bits per heavy atom. The third-order valence-corrected chi connectivity index (χ3v) is 4.61. The van der Waals surface area contributed by atoms with Crippen molar-refractivity contribution in [2.75, 3.05) is 10.6 Å². The number of Topliss-reactive ketones (excluding diaryl/α,β-unsaturated/α-hetero) is 1. The van der Waals surface area contributed by atoms with Gasteiger partial charge in [0, 0.05) is 5.56 Å². The van der Waals surface area contributed by atoms with Crippen molar-refractivity contribution >= 4 is 21.5 Å².